The third-order valence-electron chi connectivity index (χ3n) is 6.34. The van der Waals surface area contributed by atoms with Crippen molar-refractivity contribution in [2.24, 2.45) is 0 Å². The van der Waals surface area contributed by atoms with Gasteiger partial charge < -0.3 is 10.6 Å². The summed E-state index contributed by atoms with van der Waals surface area (Å²) >= 11 is 13.8. The Morgan fingerprint density at radius 2 is 1.50 bits per heavy atom. The summed E-state index contributed by atoms with van der Waals surface area (Å²) in [6.45, 7) is 0.244. The first kappa shape index (κ1) is 29.1. The molecule has 0 aliphatic carbocycles. The lowest BCUT2D eigenvalue weighted by Gasteiger charge is -2.14. The van der Waals surface area contributed by atoms with Gasteiger partial charge in [0.1, 0.15) is 5.70 Å². The van der Waals surface area contributed by atoms with Crippen molar-refractivity contribution in [3.8, 4) is 0 Å². The molecule has 10 heteroatoms. The highest BCUT2D eigenvalue weighted by Crippen LogP contribution is 2.27. The predicted octanol–water partition coefficient (Wildman–Crippen LogP) is 6.79. The fraction of sp³-hybridized carbons (Fsp3) is 0.0625. The Morgan fingerprint density at radius 1 is 0.810 bits per heavy atom. The SMILES string of the molecule is O=C(Nc1cccc(SCCN2C(=O)c3ccccc3C2=O)c1)/C(=C\c1ccc(Cl)cc1Cl)NC(=O)c1ccccc1. The number of carbonyl (C=O) groups excluding carboxylic acids is 4. The monoisotopic (exact) mass is 615 g/mol. The minimum Gasteiger partial charge on any atom is -0.321 e. The first-order valence-corrected chi connectivity index (χ1v) is 14.6. The van der Waals surface area contributed by atoms with E-state index in [1.165, 1.54) is 22.7 Å². The van der Waals surface area contributed by atoms with Crippen LogP contribution in [-0.4, -0.2) is 40.8 Å². The van der Waals surface area contributed by atoms with Crippen molar-refractivity contribution in [3.05, 3.63) is 135 Å². The quantitative estimate of drug-likeness (QED) is 0.123. The van der Waals surface area contributed by atoms with E-state index >= 15 is 0 Å². The lowest BCUT2D eigenvalue weighted by molar-refractivity contribution is -0.113. The van der Waals surface area contributed by atoms with Crippen LogP contribution in [0.25, 0.3) is 6.08 Å². The lowest BCUT2D eigenvalue weighted by atomic mass is 10.1. The third kappa shape index (κ3) is 6.74. The molecule has 210 valence electrons. The van der Waals surface area contributed by atoms with Crippen molar-refractivity contribution in [1.29, 1.82) is 0 Å². The minimum atomic E-state index is -0.557. The maximum Gasteiger partial charge on any atom is 0.272 e. The number of imide groups is 1. The molecule has 2 N–H and O–H groups in total. The van der Waals surface area contributed by atoms with E-state index < -0.39 is 11.8 Å². The molecule has 0 radical (unpaired) electrons. The summed E-state index contributed by atoms with van der Waals surface area (Å²) in [5.74, 6) is -1.14. The van der Waals surface area contributed by atoms with Gasteiger partial charge in [-0.25, -0.2) is 0 Å². The smallest absolute Gasteiger partial charge is 0.272 e. The highest BCUT2D eigenvalue weighted by molar-refractivity contribution is 7.99. The maximum absolute atomic E-state index is 13.4. The molecule has 0 unspecified atom stereocenters. The molecule has 0 saturated heterocycles. The van der Waals surface area contributed by atoms with Gasteiger partial charge in [0.15, 0.2) is 0 Å². The second kappa shape index (κ2) is 13.1. The van der Waals surface area contributed by atoms with Crippen LogP contribution in [0.4, 0.5) is 5.69 Å². The maximum atomic E-state index is 13.4. The van der Waals surface area contributed by atoms with Crippen molar-refractivity contribution in [3.63, 3.8) is 0 Å². The molecule has 5 rings (SSSR count). The number of amides is 4. The number of thioether (sulfide) groups is 1. The molecular weight excluding hydrogens is 593 g/mol. The fourth-order valence-corrected chi connectivity index (χ4v) is 5.63. The summed E-state index contributed by atoms with van der Waals surface area (Å²) in [6, 6.07) is 27.3. The molecule has 0 spiro atoms. The molecule has 1 aliphatic rings. The van der Waals surface area contributed by atoms with Crippen LogP contribution in [0.1, 0.15) is 36.6 Å². The number of benzene rings is 4. The molecule has 0 fully saturated rings. The Morgan fingerprint density at radius 3 is 2.19 bits per heavy atom. The summed E-state index contributed by atoms with van der Waals surface area (Å²) in [5.41, 5.74) is 2.19. The highest BCUT2D eigenvalue weighted by Gasteiger charge is 2.34. The van der Waals surface area contributed by atoms with Crippen LogP contribution < -0.4 is 10.6 Å². The van der Waals surface area contributed by atoms with Gasteiger partial charge in [0, 0.05) is 38.5 Å². The van der Waals surface area contributed by atoms with Crippen molar-refractivity contribution in [2.75, 3.05) is 17.6 Å². The second-order valence-electron chi connectivity index (χ2n) is 9.18. The van der Waals surface area contributed by atoms with E-state index in [4.69, 9.17) is 23.2 Å². The normalized spacial score (nSPS) is 12.7. The molecule has 4 amide bonds. The summed E-state index contributed by atoms with van der Waals surface area (Å²) in [7, 11) is 0. The van der Waals surface area contributed by atoms with Crippen molar-refractivity contribution in [2.45, 2.75) is 4.90 Å². The Labute approximate surface area is 256 Å². The zero-order valence-corrected chi connectivity index (χ0v) is 24.3. The first-order valence-electron chi connectivity index (χ1n) is 12.8. The van der Waals surface area contributed by atoms with E-state index in [0.717, 1.165) is 4.90 Å². The van der Waals surface area contributed by atoms with Gasteiger partial charge in [0.05, 0.1) is 11.1 Å². The zero-order chi connectivity index (χ0) is 29.6. The Kier molecular flexibility index (Phi) is 9.07. The number of rotatable bonds is 9. The van der Waals surface area contributed by atoms with Crippen LogP contribution >= 0.6 is 35.0 Å². The van der Waals surface area contributed by atoms with Gasteiger partial charge in [-0.2, -0.15) is 0 Å². The van der Waals surface area contributed by atoms with Crippen LogP contribution in [0.15, 0.2) is 108 Å². The van der Waals surface area contributed by atoms with Crippen molar-refractivity contribution >= 4 is 70.4 Å². The minimum absolute atomic E-state index is 0.0169. The van der Waals surface area contributed by atoms with Gasteiger partial charge in [-0.15, -0.1) is 11.8 Å². The largest absolute Gasteiger partial charge is 0.321 e. The summed E-state index contributed by atoms with van der Waals surface area (Å²) in [6.07, 6.45) is 1.48. The average molecular weight is 617 g/mol. The molecule has 7 nitrogen and oxygen atoms in total. The Hall–Kier alpha value is -4.37. The third-order valence-corrected chi connectivity index (χ3v) is 7.88. The van der Waals surface area contributed by atoms with Gasteiger partial charge in [-0.05, 0) is 66.2 Å². The van der Waals surface area contributed by atoms with Crippen LogP contribution in [0, 0.1) is 0 Å². The first-order chi connectivity index (χ1) is 20.3. The van der Waals surface area contributed by atoms with E-state index in [9.17, 15) is 19.2 Å². The summed E-state index contributed by atoms with van der Waals surface area (Å²) in [4.78, 5) is 53.6. The number of nitrogens with zero attached hydrogens (tertiary/aromatic N) is 1. The van der Waals surface area contributed by atoms with E-state index in [-0.39, 0.29) is 24.1 Å². The number of nitrogens with one attached hydrogen (secondary N) is 2. The van der Waals surface area contributed by atoms with Crippen molar-refractivity contribution in [1.82, 2.24) is 10.2 Å². The number of halogens is 2. The van der Waals surface area contributed by atoms with Crippen molar-refractivity contribution < 1.29 is 19.2 Å². The molecule has 1 aliphatic heterocycles. The second-order valence-corrected chi connectivity index (χ2v) is 11.2. The molecule has 1 heterocycles. The number of fused-ring (bicyclic) bond motifs is 1. The molecule has 4 aromatic rings. The number of hydrogen-bond donors (Lipinski definition) is 2. The van der Waals surface area contributed by atoms with Crippen LogP contribution in [0.5, 0.6) is 0 Å². The number of anilines is 1. The number of carbonyl (C=O) groups is 4. The van der Waals surface area contributed by atoms with E-state index in [1.54, 1.807) is 91.0 Å². The molecule has 4 aromatic carbocycles. The van der Waals surface area contributed by atoms with Gasteiger partial charge in [-0.3, -0.25) is 24.1 Å². The summed E-state index contributed by atoms with van der Waals surface area (Å²) < 4.78 is 0. The van der Waals surface area contributed by atoms with Gasteiger partial charge in [0.25, 0.3) is 23.6 Å². The lowest BCUT2D eigenvalue weighted by Crippen LogP contribution is -2.31. The number of hydrogen-bond acceptors (Lipinski definition) is 5. The van der Waals surface area contributed by atoms with Crippen LogP contribution in [-0.2, 0) is 4.79 Å². The van der Waals surface area contributed by atoms with Crippen LogP contribution in [0.3, 0.4) is 0 Å². The predicted molar refractivity (Wildman–Crippen MR) is 166 cm³/mol. The highest BCUT2D eigenvalue weighted by atomic mass is 35.5. The van der Waals surface area contributed by atoms with Gasteiger partial charge >= 0.3 is 0 Å². The Bertz CT molecular complexity index is 1690. The van der Waals surface area contributed by atoms with E-state index in [0.29, 0.717) is 43.7 Å². The molecule has 0 saturated carbocycles. The summed E-state index contributed by atoms with van der Waals surface area (Å²) in [5, 5.41) is 6.26. The van der Waals surface area contributed by atoms with Gasteiger partial charge in [0.2, 0.25) is 0 Å². The molecule has 0 aromatic heterocycles. The molecule has 0 bridgehead atoms. The Balaban J connectivity index is 1.28. The van der Waals surface area contributed by atoms with E-state index in [1.807, 2.05) is 6.07 Å². The van der Waals surface area contributed by atoms with Gasteiger partial charge in [-0.1, -0.05) is 65.7 Å². The molecule has 0 atom stereocenters. The topological polar surface area (TPSA) is 95.6 Å². The zero-order valence-electron chi connectivity index (χ0n) is 22.0. The molecule has 42 heavy (non-hydrogen) atoms. The van der Waals surface area contributed by atoms with E-state index in [2.05, 4.69) is 10.6 Å². The standard InChI is InChI=1S/C32H23Cl2N3O4S/c33-22-14-13-21(27(34)18-22)17-28(36-29(38)20-7-2-1-3-8-20)30(39)35-23-9-6-10-24(19-23)42-16-15-37-31(40)25-11-4-5-12-26(25)32(37)41/h1-14,17-19H,15-16H2,(H,35,39)(H,36,38)/b28-17+. The average Bonchev–Trinajstić information content (AvgIpc) is 3.23. The molecular formula is C32H23Cl2N3O4S. The van der Waals surface area contributed by atoms with Crippen LogP contribution in [0.2, 0.25) is 10.0 Å². The fourth-order valence-electron chi connectivity index (χ4n) is 4.28.